The topological polar surface area (TPSA) is 88.2 Å². The summed E-state index contributed by atoms with van der Waals surface area (Å²) in [4.78, 5) is 16.7. The van der Waals surface area contributed by atoms with Crippen molar-refractivity contribution in [1.82, 2.24) is 4.98 Å². The van der Waals surface area contributed by atoms with Crippen LogP contribution in [0.5, 0.6) is 5.75 Å². The molecule has 4 N–H and O–H groups in total. The molecule has 0 aliphatic carbocycles. The van der Waals surface area contributed by atoms with Crippen molar-refractivity contribution >= 4 is 22.5 Å². The normalized spacial score (nSPS) is 10.6. The Morgan fingerprint density at radius 3 is 2.73 bits per heavy atom. The molecule has 0 atom stereocenters. The monoisotopic (exact) mass is 293 g/mol. The molecule has 22 heavy (non-hydrogen) atoms. The molecule has 0 bridgehead atoms. The molecule has 5 heteroatoms. The summed E-state index contributed by atoms with van der Waals surface area (Å²) in [5.74, 6) is -0.253. The van der Waals surface area contributed by atoms with E-state index >= 15 is 0 Å². The van der Waals surface area contributed by atoms with Crippen molar-refractivity contribution in [3.05, 3.63) is 65.9 Å². The van der Waals surface area contributed by atoms with Gasteiger partial charge in [0, 0.05) is 17.5 Å². The maximum atomic E-state index is 12.3. The number of nitrogens with zero attached hydrogens (tertiary/aromatic N) is 1. The number of nitrogens with two attached hydrogens (primary N) is 1. The Morgan fingerprint density at radius 1 is 1.14 bits per heavy atom. The number of amides is 1. The van der Waals surface area contributed by atoms with Gasteiger partial charge in [0.05, 0.1) is 16.9 Å². The standard InChI is InChI=1S/C17H15N3O2/c18-10-13-7-5-11-9-12(6-8-14(11)19-13)17(22)20-15-3-1-2-4-16(15)21/h1-9,21H,10,18H2,(H,20,22). The van der Waals surface area contributed by atoms with Crippen molar-refractivity contribution in [2.75, 3.05) is 5.32 Å². The summed E-state index contributed by atoms with van der Waals surface area (Å²) in [7, 11) is 0. The van der Waals surface area contributed by atoms with Gasteiger partial charge in [0.15, 0.2) is 0 Å². The van der Waals surface area contributed by atoms with E-state index in [0.717, 1.165) is 16.6 Å². The highest BCUT2D eigenvalue weighted by molar-refractivity contribution is 6.06. The molecule has 110 valence electrons. The number of pyridine rings is 1. The van der Waals surface area contributed by atoms with E-state index in [1.54, 1.807) is 36.4 Å². The number of hydrogen-bond donors (Lipinski definition) is 3. The van der Waals surface area contributed by atoms with Crippen LogP contribution in [0.25, 0.3) is 10.9 Å². The molecular formula is C17H15N3O2. The van der Waals surface area contributed by atoms with Gasteiger partial charge in [0.2, 0.25) is 0 Å². The zero-order valence-corrected chi connectivity index (χ0v) is 11.8. The van der Waals surface area contributed by atoms with Gasteiger partial charge in [-0.3, -0.25) is 9.78 Å². The number of phenols is 1. The molecule has 0 fully saturated rings. The Labute approximate surface area is 127 Å². The lowest BCUT2D eigenvalue weighted by Crippen LogP contribution is -2.12. The van der Waals surface area contributed by atoms with Gasteiger partial charge in [-0.2, -0.15) is 0 Å². The van der Waals surface area contributed by atoms with Gasteiger partial charge in [-0.25, -0.2) is 0 Å². The van der Waals surface area contributed by atoms with Gasteiger partial charge in [-0.05, 0) is 36.4 Å². The van der Waals surface area contributed by atoms with Crippen LogP contribution in [0.1, 0.15) is 16.1 Å². The number of anilines is 1. The number of nitrogens with one attached hydrogen (secondary N) is 1. The highest BCUT2D eigenvalue weighted by Crippen LogP contribution is 2.23. The van der Waals surface area contributed by atoms with Crippen molar-refractivity contribution < 1.29 is 9.90 Å². The third kappa shape index (κ3) is 2.75. The van der Waals surface area contributed by atoms with Crippen LogP contribution in [-0.4, -0.2) is 16.0 Å². The minimum absolute atomic E-state index is 0.0332. The number of carbonyl (C=O) groups is 1. The quantitative estimate of drug-likeness (QED) is 0.648. The molecule has 0 radical (unpaired) electrons. The van der Waals surface area contributed by atoms with E-state index in [0.29, 0.717) is 17.8 Å². The molecule has 0 aliphatic heterocycles. The lowest BCUT2D eigenvalue weighted by Gasteiger charge is -2.08. The molecular weight excluding hydrogens is 278 g/mol. The summed E-state index contributed by atoms with van der Waals surface area (Å²) in [6, 6.07) is 15.6. The van der Waals surface area contributed by atoms with Crippen LogP contribution in [0.3, 0.4) is 0 Å². The number of carbonyl (C=O) groups excluding carboxylic acids is 1. The van der Waals surface area contributed by atoms with Crippen LogP contribution >= 0.6 is 0 Å². The zero-order chi connectivity index (χ0) is 15.5. The molecule has 0 aliphatic rings. The molecule has 2 aromatic carbocycles. The van der Waals surface area contributed by atoms with Crippen LogP contribution in [-0.2, 0) is 6.54 Å². The second-order valence-electron chi connectivity index (χ2n) is 4.89. The molecule has 0 unspecified atom stereocenters. The van der Waals surface area contributed by atoms with Gasteiger partial charge < -0.3 is 16.2 Å². The summed E-state index contributed by atoms with van der Waals surface area (Å²) in [5.41, 5.74) is 8.04. The average Bonchev–Trinajstić information content (AvgIpc) is 2.56. The highest BCUT2D eigenvalue weighted by Gasteiger charge is 2.09. The minimum Gasteiger partial charge on any atom is -0.506 e. The third-order valence-corrected chi connectivity index (χ3v) is 3.37. The summed E-state index contributed by atoms with van der Waals surface area (Å²) >= 11 is 0. The lowest BCUT2D eigenvalue weighted by molar-refractivity contribution is 0.102. The van der Waals surface area contributed by atoms with Crippen molar-refractivity contribution in [3.63, 3.8) is 0 Å². The lowest BCUT2D eigenvalue weighted by atomic mass is 10.1. The van der Waals surface area contributed by atoms with E-state index in [-0.39, 0.29) is 11.7 Å². The van der Waals surface area contributed by atoms with E-state index in [2.05, 4.69) is 10.3 Å². The first-order chi connectivity index (χ1) is 10.7. The van der Waals surface area contributed by atoms with Gasteiger partial charge in [0.25, 0.3) is 5.91 Å². The first-order valence-corrected chi connectivity index (χ1v) is 6.86. The largest absolute Gasteiger partial charge is 0.506 e. The number of hydrogen-bond acceptors (Lipinski definition) is 4. The van der Waals surface area contributed by atoms with Crippen LogP contribution < -0.4 is 11.1 Å². The summed E-state index contributed by atoms with van der Waals surface area (Å²) in [5, 5.41) is 13.2. The minimum atomic E-state index is -0.286. The second kappa shape index (κ2) is 5.83. The average molecular weight is 293 g/mol. The molecule has 0 spiro atoms. The molecule has 3 rings (SSSR count). The zero-order valence-electron chi connectivity index (χ0n) is 11.8. The number of phenolic OH excluding ortho intramolecular Hbond substituents is 1. The van der Waals surface area contributed by atoms with Crippen molar-refractivity contribution in [1.29, 1.82) is 0 Å². The fraction of sp³-hybridized carbons (Fsp3) is 0.0588. The van der Waals surface area contributed by atoms with E-state index in [9.17, 15) is 9.90 Å². The van der Waals surface area contributed by atoms with Crippen LogP contribution in [0, 0.1) is 0 Å². The number of aromatic nitrogens is 1. The molecule has 1 heterocycles. The predicted octanol–water partition coefficient (Wildman–Crippen LogP) is 2.65. The maximum Gasteiger partial charge on any atom is 0.255 e. The highest BCUT2D eigenvalue weighted by atomic mass is 16.3. The summed E-state index contributed by atoms with van der Waals surface area (Å²) in [6.45, 7) is 0.380. The molecule has 0 saturated heterocycles. The van der Waals surface area contributed by atoms with E-state index in [1.165, 1.54) is 6.07 Å². The number of benzene rings is 2. The Morgan fingerprint density at radius 2 is 1.95 bits per heavy atom. The Hall–Kier alpha value is -2.92. The van der Waals surface area contributed by atoms with Gasteiger partial charge in [0.1, 0.15) is 5.75 Å². The Bertz CT molecular complexity index is 846. The predicted molar refractivity (Wildman–Crippen MR) is 85.7 cm³/mol. The van der Waals surface area contributed by atoms with Crippen LogP contribution in [0.4, 0.5) is 5.69 Å². The Balaban J connectivity index is 1.90. The maximum absolute atomic E-state index is 12.3. The third-order valence-electron chi connectivity index (χ3n) is 3.37. The number of fused-ring (bicyclic) bond motifs is 1. The summed E-state index contributed by atoms with van der Waals surface area (Å²) in [6.07, 6.45) is 0. The molecule has 0 saturated carbocycles. The second-order valence-corrected chi connectivity index (χ2v) is 4.89. The van der Waals surface area contributed by atoms with E-state index in [1.807, 2.05) is 12.1 Å². The number of rotatable bonds is 3. The Kier molecular flexibility index (Phi) is 3.72. The first kappa shape index (κ1) is 14.0. The van der Waals surface area contributed by atoms with Gasteiger partial charge >= 0.3 is 0 Å². The fourth-order valence-corrected chi connectivity index (χ4v) is 2.20. The van der Waals surface area contributed by atoms with E-state index < -0.39 is 0 Å². The van der Waals surface area contributed by atoms with Crippen LogP contribution in [0.2, 0.25) is 0 Å². The number of para-hydroxylation sites is 2. The smallest absolute Gasteiger partial charge is 0.255 e. The summed E-state index contributed by atoms with van der Waals surface area (Å²) < 4.78 is 0. The molecule has 3 aromatic rings. The SMILES string of the molecule is NCc1ccc2cc(C(=O)Nc3ccccc3O)ccc2n1. The van der Waals surface area contributed by atoms with Crippen LogP contribution in [0.15, 0.2) is 54.6 Å². The molecule has 5 nitrogen and oxygen atoms in total. The fourth-order valence-electron chi connectivity index (χ4n) is 2.20. The van der Waals surface area contributed by atoms with Gasteiger partial charge in [-0.1, -0.05) is 18.2 Å². The van der Waals surface area contributed by atoms with Gasteiger partial charge in [-0.15, -0.1) is 0 Å². The number of aromatic hydroxyl groups is 1. The van der Waals surface area contributed by atoms with E-state index in [4.69, 9.17) is 5.73 Å². The first-order valence-electron chi connectivity index (χ1n) is 6.86. The van der Waals surface area contributed by atoms with Crippen molar-refractivity contribution in [2.24, 2.45) is 5.73 Å². The molecule has 1 amide bonds. The molecule has 1 aromatic heterocycles. The van der Waals surface area contributed by atoms with Crippen molar-refractivity contribution in [2.45, 2.75) is 6.54 Å². The van der Waals surface area contributed by atoms with Crippen molar-refractivity contribution in [3.8, 4) is 5.75 Å².